The molecule has 3 heterocycles. The van der Waals surface area contributed by atoms with Crippen molar-refractivity contribution in [2.45, 2.75) is 46.7 Å². The molecule has 0 unspecified atom stereocenters. The number of aromatic nitrogens is 4. The minimum Gasteiger partial charge on any atom is -0.294 e. The van der Waals surface area contributed by atoms with E-state index in [0.29, 0.717) is 29.6 Å². The number of anilines is 1. The first-order valence-electron chi connectivity index (χ1n) is 8.93. The average molecular weight is 358 g/mol. The van der Waals surface area contributed by atoms with Gasteiger partial charge in [0.05, 0.1) is 11.8 Å². The van der Waals surface area contributed by atoms with Crippen LogP contribution in [0.15, 0.2) is 27.3 Å². The molecule has 3 rings (SSSR count). The Labute approximate surface area is 152 Å². The fourth-order valence-corrected chi connectivity index (χ4v) is 3.20. The van der Waals surface area contributed by atoms with E-state index in [1.165, 1.54) is 9.13 Å². The molecule has 0 aromatic carbocycles. The van der Waals surface area contributed by atoms with Gasteiger partial charge in [0.1, 0.15) is 0 Å². The van der Waals surface area contributed by atoms with Gasteiger partial charge < -0.3 is 0 Å². The van der Waals surface area contributed by atoms with Gasteiger partial charge in [-0.15, -0.1) is 6.58 Å². The van der Waals surface area contributed by atoms with Gasteiger partial charge in [-0.05, 0) is 26.2 Å². The van der Waals surface area contributed by atoms with Crippen molar-refractivity contribution < 1.29 is 0 Å². The standard InChI is InChI=1S/C18H26N6O2/c1-7-9-22-16(25)14-15(21(6)18(22)26)19-17-23(10-8-11(2)3)20-12(4)13(5)24(14)17/h7,11,13H,1,8-10H2,2-6H3/t13-/m1/s1. The lowest BCUT2D eigenvalue weighted by Gasteiger charge is -2.29. The Morgan fingerprint density at radius 3 is 2.62 bits per heavy atom. The third-order valence-corrected chi connectivity index (χ3v) is 4.89. The van der Waals surface area contributed by atoms with Crippen LogP contribution in [0, 0.1) is 5.92 Å². The smallest absolute Gasteiger partial charge is 0.294 e. The van der Waals surface area contributed by atoms with Crippen molar-refractivity contribution in [1.82, 2.24) is 18.7 Å². The molecular formula is C18H26N6O2. The molecule has 1 aliphatic rings. The summed E-state index contributed by atoms with van der Waals surface area (Å²) in [6, 6.07) is -0.104. The van der Waals surface area contributed by atoms with Crippen molar-refractivity contribution in [3.8, 4) is 0 Å². The summed E-state index contributed by atoms with van der Waals surface area (Å²) < 4.78 is 4.52. The number of fused-ring (bicyclic) bond motifs is 3. The van der Waals surface area contributed by atoms with E-state index in [2.05, 4.69) is 30.5 Å². The SMILES string of the molecule is C=CCn1c(=O)c2c(nc3n2[C@H](C)C(C)=NN3CCC(C)C)n(C)c1=O. The summed E-state index contributed by atoms with van der Waals surface area (Å²) in [7, 11) is 1.64. The topological polar surface area (TPSA) is 77.4 Å². The monoisotopic (exact) mass is 358 g/mol. The van der Waals surface area contributed by atoms with Gasteiger partial charge in [-0.1, -0.05) is 19.9 Å². The average Bonchev–Trinajstić information content (AvgIpc) is 3.00. The number of rotatable bonds is 5. The fraction of sp³-hybridized carbons (Fsp3) is 0.556. The minimum absolute atomic E-state index is 0.104. The maximum absolute atomic E-state index is 13.0. The first-order valence-corrected chi connectivity index (χ1v) is 8.93. The van der Waals surface area contributed by atoms with Crippen LogP contribution in [0.3, 0.4) is 0 Å². The summed E-state index contributed by atoms with van der Waals surface area (Å²) in [5.74, 6) is 1.14. The first-order chi connectivity index (χ1) is 12.3. The van der Waals surface area contributed by atoms with Gasteiger partial charge in [-0.25, -0.2) is 9.80 Å². The van der Waals surface area contributed by atoms with Gasteiger partial charge in [0.25, 0.3) is 5.56 Å². The van der Waals surface area contributed by atoms with Crippen LogP contribution in [-0.4, -0.2) is 30.9 Å². The molecule has 8 heteroatoms. The van der Waals surface area contributed by atoms with E-state index in [1.54, 1.807) is 13.1 Å². The lowest BCUT2D eigenvalue weighted by molar-refractivity contribution is 0.554. The molecule has 1 atom stereocenters. The molecule has 2 aromatic heterocycles. The predicted molar refractivity (Wildman–Crippen MR) is 104 cm³/mol. The van der Waals surface area contributed by atoms with Crippen LogP contribution in [0.2, 0.25) is 0 Å². The molecule has 0 saturated heterocycles. The molecule has 0 amide bonds. The number of hydrogen-bond donors (Lipinski definition) is 0. The van der Waals surface area contributed by atoms with E-state index < -0.39 is 5.69 Å². The zero-order chi connectivity index (χ0) is 19.2. The summed E-state index contributed by atoms with van der Waals surface area (Å²) in [5.41, 5.74) is 0.995. The quantitative estimate of drug-likeness (QED) is 0.765. The molecule has 140 valence electrons. The van der Waals surface area contributed by atoms with Gasteiger partial charge in [0.2, 0.25) is 5.95 Å². The van der Waals surface area contributed by atoms with Crippen molar-refractivity contribution in [2.24, 2.45) is 18.1 Å². The van der Waals surface area contributed by atoms with Gasteiger partial charge >= 0.3 is 5.69 Å². The van der Waals surface area contributed by atoms with Crippen LogP contribution in [0.4, 0.5) is 5.95 Å². The molecule has 26 heavy (non-hydrogen) atoms. The van der Waals surface area contributed by atoms with Gasteiger partial charge in [-0.2, -0.15) is 10.1 Å². The molecule has 0 radical (unpaired) electrons. The van der Waals surface area contributed by atoms with Crippen molar-refractivity contribution in [2.75, 3.05) is 11.6 Å². The van der Waals surface area contributed by atoms with Gasteiger partial charge in [0.15, 0.2) is 11.2 Å². The summed E-state index contributed by atoms with van der Waals surface area (Å²) in [6.45, 7) is 12.8. The van der Waals surface area contributed by atoms with Crippen LogP contribution in [0.25, 0.3) is 11.2 Å². The van der Waals surface area contributed by atoms with Gasteiger partial charge in [0, 0.05) is 20.1 Å². The summed E-state index contributed by atoms with van der Waals surface area (Å²) in [4.78, 5) is 30.2. The first kappa shape index (κ1) is 18.2. The highest BCUT2D eigenvalue weighted by molar-refractivity contribution is 5.91. The third kappa shape index (κ3) is 2.69. The highest BCUT2D eigenvalue weighted by Crippen LogP contribution is 2.30. The van der Waals surface area contributed by atoms with Crippen LogP contribution < -0.4 is 16.3 Å². The fourth-order valence-electron chi connectivity index (χ4n) is 3.20. The number of imidazole rings is 1. The largest absolute Gasteiger partial charge is 0.332 e. The lowest BCUT2D eigenvalue weighted by Crippen LogP contribution is -2.40. The highest BCUT2D eigenvalue weighted by atomic mass is 16.2. The molecule has 8 nitrogen and oxygen atoms in total. The Morgan fingerprint density at radius 1 is 1.31 bits per heavy atom. The van der Waals surface area contributed by atoms with Crippen LogP contribution >= 0.6 is 0 Å². The van der Waals surface area contributed by atoms with E-state index in [9.17, 15) is 9.59 Å². The Hall–Kier alpha value is -2.64. The van der Waals surface area contributed by atoms with Crippen molar-refractivity contribution >= 4 is 22.8 Å². The number of hydrazone groups is 1. The molecule has 0 aliphatic carbocycles. The molecular weight excluding hydrogens is 332 g/mol. The summed E-state index contributed by atoms with van der Waals surface area (Å²) in [5, 5.41) is 6.51. The van der Waals surface area contributed by atoms with Gasteiger partial charge in [-0.3, -0.25) is 18.5 Å². The third-order valence-electron chi connectivity index (χ3n) is 4.89. The molecule has 1 aliphatic heterocycles. The summed E-state index contributed by atoms with van der Waals surface area (Å²) >= 11 is 0. The van der Waals surface area contributed by atoms with E-state index in [0.717, 1.165) is 12.1 Å². The number of aryl methyl sites for hydroxylation is 1. The predicted octanol–water partition coefficient (Wildman–Crippen LogP) is 1.89. The Morgan fingerprint density at radius 2 is 2.00 bits per heavy atom. The van der Waals surface area contributed by atoms with Crippen LogP contribution in [-0.2, 0) is 13.6 Å². The van der Waals surface area contributed by atoms with Crippen LogP contribution in [0.1, 0.15) is 40.2 Å². The maximum atomic E-state index is 13.0. The molecule has 0 N–H and O–H groups in total. The zero-order valence-corrected chi connectivity index (χ0v) is 16.1. The van der Waals surface area contributed by atoms with E-state index in [-0.39, 0.29) is 18.1 Å². The second-order valence-electron chi connectivity index (χ2n) is 7.22. The molecule has 2 aromatic rings. The van der Waals surface area contributed by atoms with Crippen molar-refractivity contribution in [3.63, 3.8) is 0 Å². The van der Waals surface area contributed by atoms with E-state index in [1.807, 2.05) is 23.4 Å². The summed E-state index contributed by atoms with van der Waals surface area (Å²) in [6.07, 6.45) is 2.50. The maximum Gasteiger partial charge on any atom is 0.332 e. The molecule has 0 saturated carbocycles. The van der Waals surface area contributed by atoms with E-state index in [4.69, 9.17) is 0 Å². The number of allylic oxidation sites excluding steroid dienone is 1. The molecule has 0 fully saturated rings. The second kappa shape index (κ2) is 6.59. The Balaban J connectivity index is 2.31. The lowest BCUT2D eigenvalue weighted by atomic mass is 10.1. The molecule has 0 spiro atoms. The molecule has 0 bridgehead atoms. The highest BCUT2D eigenvalue weighted by Gasteiger charge is 2.30. The van der Waals surface area contributed by atoms with E-state index >= 15 is 0 Å². The van der Waals surface area contributed by atoms with Crippen molar-refractivity contribution in [3.05, 3.63) is 33.5 Å². The normalized spacial score (nSPS) is 16.9. The van der Waals surface area contributed by atoms with Crippen molar-refractivity contribution in [1.29, 1.82) is 0 Å². The zero-order valence-electron chi connectivity index (χ0n) is 16.1. The number of nitrogens with zero attached hydrogens (tertiary/aromatic N) is 6. The number of hydrogen-bond acceptors (Lipinski definition) is 5. The minimum atomic E-state index is -0.392. The van der Waals surface area contributed by atoms with Crippen LogP contribution in [0.5, 0.6) is 0 Å². The Kier molecular flexibility index (Phi) is 4.60. The Bertz CT molecular complexity index is 1010. The second-order valence-corrected chi connectivity index (χ2v) is 7.22.